The predicted molar refractivity (Wildman–Crippen MR) is 101 cm³/mol. The Bertz CT molecular complexity index is 787. The van der Waals surface area contributed by atoms with Gasteiger partial charge >= 0.3 is 6.18 Å². The second-order valence-corrected chi connectivity index (χ2v) is 13.0. The zero-order chi connectivity index (χ0) is 20.7. The van der Waals surface area contributed by atoms with Gasteiger partial charge in [0.05, 0.1) is 6.26 Å². The number of rotatable bonds is 5. The second kappa shape index (κ2) is 6.85. The van der Waals surface area contributed by atoms with Crippen LogP contribution in [0.4, 0.5) is 13.2 Å². The second-order valence-electron chi connectivity index (χ2n) is 8.32. The SMILES string of the molecule is CC(C(=O)c1ccco1)(c1ccc(O[Si](C)(C)C(C)(C)C)cc1)C(F)(F)F. The smallest absolute Gasteiger partial charge is 0.405 e. The van der Waals surface area contributed by atoms with Gasteiger partial charge in [0.2, 0.25) is 14.1 Å². The van der Waals surface area contributed by atoms with Crippen molar-refractivity contribution in [3.05, 3.63) is 54.0 Å². The Morgan fingerprint density at radius 1 is 1.00 bits per heavy atom. The summed E-state index contributed by atoms with van der Waals surface area (Å²) in [6, 6.07) is 8.22. The molecule has 1 unspecified atom stereocenters. The maximum absolute atomic E-state index is 13.9. The number of hydrogen-bond donors (Lipinski definition) is 0. The molecule has 1 heterocycles. The van der Waals surface area contributed by atoms with Gasteiger partial charge in [0, 0.05) is 0 Å². The minimum Gasteiger partial charge on any atom is -0.544 e. The molecule has 0 saturated carbocycles. The van der Waals surface area contributed by atoms with Crippen LogP contribution in [-0.2, 0) is 5.41 Å². The lowest BCUT2D eigenvalue weighted by Crippen LogP contribution is -2.46. The summed E-state index contributed by atoms with van der Waals surface area (Å²) < 4.78 is 52.6. The Morgan fingerprint density at radius 2 is 1.56 bits per heavy atom. The van der Waals surface area contributed by atoms with Crippen molar-refractivity contribution in [2.75, 3.05) is 0 Å². The standard InChI is InChI=1S/C20H25F3O3Si/c1-18(2,3)27(5,6)26-15-11-9-14(10-12-15)19(4,20(21,22)23)17(24)16-8-7-13-25-16/h7-13H,1-6H3. The summed E-state index contributed by atoms with van der Waals surface area (Å²) in [6.45, 7) is 11.2. The van der Waals surface area contributed by atoms with Gasteiger partial charge in [-0.3, -0.25) is 4.79 Å². The third kappa shape index (κ3) is 3.97. The topological polar surface area (TPSA) is 39.4 Å². The molecule has 1 atom stereocenters. The number of hydrogen-bond acceptors (Lipinski definition) is 3. The highest BCUT2D eigenvalue weighted by Gasteiger charge is 2.58. The highest BCUT2D eigenvalue weighted by Crippen LogP contribution is 2.44. The van der Waals surface area contributed by atoms with Gasteiger partial charge < -0.3 is 8.84 Å². The molecule has 3 nitrogen and oxygen atoms in total. The van der Waals surface area contributed by atoms with Crippen LogP contribution in [0.2, 0.25) is 18.1 Å². The number of benzene rings is 1. The lowest BCUT2D eigenvalue weighted by atomic mass is 9.77. The van der Waals surface area contributed by atoms with Crippen molar-refractivity contribution in [2.24, 2.45) is 0 Å². The van der Waals surface area contributed by atoms with E-state index in [0.29, 0.717) is 5.75 Å². The molecule has 0 aliphatic carbocycles. The normalized spacial score (nSPS) is 15.3. The molecule has 2 aromatic rings. The molecule has 0 N–H and O–H groups in total. The summed E-state index contributed by atoms with van der Waals surface area (Å²) in [4.78, 5) is 12.6. The van der Waals surface area contributed by atoms with E-state index < -0.39 is 25.7 Å². The molecule has 0 bridgehead atoms. The number of ketones is 1. The molecule has 1 aromatic heterocycles. The van der Waals surface area contributed by atoms with Gasteiger partial charge in [0.15, 0.2) is 11.2 Å². The van der Waals surface area contributed by atoms with Crippen molar-refractivity contribution in [3.8, 4) is 5.75 Å². The predicted octanol–water partition coefficient (Wildman–Crippen LogP) is 6.37. The summed E-state index contributed by atoms with van der Waals surface area (Å²) in [7, 11) is -2.12. The molecule has 0 aliphatic rings. The van der Waals surface area contributed by atoms with Crippen LogP contribution in [0.3, 0.4) is 0 Å². The first kappa shape index (κ1) is 21.3. The van der Waals surface area contributed by atoms with E-state index in [0.717, 1.165) is 6.92 Å². The van der Waals surface area contributed by atoms with E-state index in [2.05, 4.69) is 33.9 Å². The third-order valence-corrected chi connectivity index (χ3v) is 9.74. The minimum absolute atomic E-state index is 0.0403. The zero-order valence-corrected chi connectivity index (χ0v) is 17.4. The first-order valence-corrected chi connectivity index (χ1v) is 11.6. The number of alkyl halides is 3. The van der Waals surface area contributed by atoms with E-state index in [1.54, 1.807) is 0 Å². The van der Waals surface area contributed by atoms with Crippen LogP contribution in [0.1, 0.15) is 43.8 Å². The Labute approximate surface area is 158 Å². The lowest BCUT2D eigenvalue weighted by molar-refractivity contribution is -0.170. The maximum atomic E-state index is 13.9. The fourth-order valence-corrected chi connectivity index (χ4v) is 3.41. The molecule has 148 valence electrons. The molecule has 0 radical (unpaired) electrons. The minimum atomic E-state index is -4.78. The van der Waals surface area contributed by atoms with Crippen molar-refractivity contribution in [1.29, 1.82) is 0 Å². The first-order valence-electron chi connectivity index (χ1n) is 8.65. The molecule has 27 heavy (non-hydrogen) atoms. The third-order valence-electron chi connectivity index (χ3n) is 5.38. The molecular formula is C20H25F3O3Si. The molecule has 0 aliphatic heterocycles. The zero-order valence-electron chi connectivity index (χ0n) is 16.4. The Hall–Kier alpha value is -2.02. The van der Waals surface area contributed by atoms with Crippen LogP contribution < -0.4 is 4.43 Å². The molecule has 2 rings (SSSR count). The molecule has 1 aromatic carbocycles. The Morgan fingerprint density at radius 3 is 1.96 bits per heavy atom. The van der Waals surface area contributed by atoms with Crippen molar-refractivity contribution < 1.29 is 26.8 Å². The van der Waals surface area contributed by atoms with Crippen LogP contribution in [0.5, 0.6) is 5.75 Å². The average molecular weight is 398 g/mol. The largest absolute Gasteiger partial charge is 0.544 e. The fraction of sp³-hybridized carbons (Fsp3) is 0.450. The van der Waals surface area contributed by atoms with E-state index in [9.17, 15) is 18.0 Å². The maximum Gasteiger partial charge on any atom is 0.405 e. The molecule has 7 heteroatoms. The number of carbonyl (C=O) groups is 1. The number of halogens is 3. The quantitative estimate of drug-likeness (QED) is 0.434. The van der Waals surface area contributed by atoms with Crippen molar-refractivity contribution in [3.63, 3.8) is 0 Å². The van der Waals surface area contributed by atoms with Gasteiger partial charge in [0.1, 0.15) is 5.75 Å². The number of Topliss-reactive ketones (excluding diaryl/α,β-unsaturated/α-hetero) is 1. The van der Waals surface area contributed by atoms with Crippen LogP contribution in [0.15, 0.2) is 47.1 Å². The Balaban J connectivity index is 2.41. The fourth-order valence-electron chi connectivity index (χ4n) is 2.38. The number of carbonyl (C=O) groups excluding carboxylic acids is 1. The van der Waals surface area contributed by atoms with Crippen LogP contribution in [0.25, 0.3) is 0 Å². The molecule has 0 spiro atoms. The van der Waals surface area contributed by atoms with E-state index in [4.69, 9.17) is 8.84 Å². The summed E-state index contributed by atoms with van der Waals surface area (Å²) >= 11 is 0. The van der Waals surface area contributed by atoms with Crippen LogP contribution in [-0.4, -0.2) is 20.3 Å². The van der Waals surface area contributed by atoms with Crippen molar-refractivity contribution in [2.45, 2.75) is 57.4 Å². The van der Waals surface area contributed by atoms with Gasteiger partial charge in [-0.05, 0) is 54.9 Å². The average Bonchev–Trinajstić information content (AvgIpc) is 3.06. The molecule has 0 saturated heterocycles. The molecular weight excluding hydrogens is 373 g/mol. The van der Waals surface area contributed by atoms with E-state index >= 15 is 0 Å². The number of furan rings is 1. The van der Waals surface area contributed by atoms with Gasteiger partial charge in [-0.1, -0.05) is 32.9 Å². The summed E-state index contributed by atoms with van der Waals surface area (Å²) in [5.41, 5.74) is -2.86. The van der Waals surface area contributed by atoms with Crippen LogP contribution in [0, 0.1) is 0 Å². The molecule has 0 fully saturated rings. The van der Waals surface area contributed by atoms with Gasteiger partial charge in [-0.15, -0.1) is 0 Å². The van der Waals surface area contributed by atoms with E-state index in [1.165, 1.54) is 42.7 Å². The summed E-state index contributed by atoms with van der Waals surface area (Å²) in [5.74, 6) is -0.949. The summed E-state index contributed by atoms with van der Waals surface area (Å²) in [5, 5.41) is -0.0403. The highest BCUT2D eigenvalue weighted by molar-refractivity contribution is 6.74. The van der Waals surface area contributed by atoms with Crippen LogP contribution >= 0.6 is 0 Å². The van der Waals surface area contributed by atoms with Gasteiger partial charge in [0.25, 0.3) is 0 Å². The van der Waals surface area contributed by atoms with E-state index in [1.807, 2.05) is 0 Å². The van der Waals surface area contributed by atoms with Crippen molar-refractivity contribution in [1.82, 2.24) is 0 Å². The summed E-state index contributed by atoms with van der Waals surface area (Å²) in [6.07, 6.45) is -3.60. The van der Waals surface area contributed by atoms with E-state index in [-0.39, 0.29) is 16.4 Å². The lowest BCUT2D eigenvalue weighted by Gasteiger charge is -2.36. The van der Waals surface area contributed by atoms with Gasteiger partial charge in [-0.25, -0.2) is 0 Å². The first-order chi connectivity index (χ1) is 12.2. The van der Waals surface area contributed by atoms with Crippen molar-refractivity contribution >= 4 is 14.1 Å². The monoisotopic (exact) mass is 398 g/mol. The highest BCUT2D eigenvalue weighted by atomic mass is 28.4. The van der Waals surface area contributed by atoms with Gasteiger partial charge in [-0.2, -0.15) is 13.2 Å². The molecule has 0 amide bonds. The Kier molecular flexibility index (Phi) is 5.40.